The SMILES string of the molecule is O=C(OCC(=O)N1CCN(S(=O)(=O)c2ccccc2)CC1)c1cccc(Cl)c1. The maximum absolute atomic E-state index is 12.6. The number of halogens is 1. The number of rotatable bonds is 5. The van der Waals surface area contributed by atoms with Crippen molar-refractivity contribution in [2.24, 2.45) is 0 Å². The lowest BCUT2D eigenvalue weighted by Crippen LogP contribution is -2.51. The number of hydrogen-bond donors (Lipinski definition) is 0. The van der Waals surface area contributed by atoms with Crippen molar-refractivity contribution in [3.63, 3.8) is 0 Å². The van der Waals surface area contributed by atoms with Crippen LogP contribution >= 0.6 is 11.6 Å². The molecule has 1 saturated heterocycles. The standard InChI is InChI=1S/C19H19ClN2O5S/c20-16-6-4-5-15(13-16)19(24)27-14-18(23)21-9-11-22(12-10-21)28(25,26)17-7-2-1-3-8-17/h1-8,13H,9-12,14H2. The number of nitrogens with zero attached hydrogens (tertiary/aromatic N) is 2. The van der Waals surface area contributed by atoms with E-state index in [1.165, 1.54) is 15.3 Å². The molecule has 0 saturated carbocycles. The average molecular weight is 423 g/mol. The summed E-state index contributed by atoms with van der Waals surface area (Å²) in [5.41, 5.74) is 0.263. The molecule has 7 nitrogen and oxygen atoms in total. The Bertz CT molecular complexity index is 957. The fourth-order valence-corrected chi connectivity index (χ4v) is 4.47. The van der Waals surface area contributed by atoms with Crippen LogP contribution < -0.4 is 0 Å². The van der Waals surface area contributed by atoms with Gasteiger partial charge in [-0.3, -0.25) is 4.79 Å². The van der Waals surface area contributed by atoms with Crippen LogP contribution in [0.4, 0.5) is 0 Å². The third-order valence-corrected chi connectivity index (χ3v) is 6.51. The van der Waals surface area contributed by atoms with E-state index < -0.39 is 22.6 Å². The monoisotopic (exact) mass is 422 g/mol. The van der Waals surface area contributed by atoms with E-state index in [1.54, 1.807) is 48.5 Å². The minimum Gasteiger partial charge on any atom is -0.452 e. The molecule has 2 aromatic rings. The predicted molar refractivity (Wildman–Crippen MR) is 104 cm³/mol. The van der Waals surface area contributed by atoms with Crippen LogP contribution in [0.3, 0.4) is 0 Å². The summed E-state index contributed by atoms with van der Waals surface area (Å²) in [6.07, 6.45) is 0. The Hall–Kier alpha value is -2.42. The molecule has 2 aromatic carbocycles. The van der Waals surface area contributed by atoms with Gasteiger partial charge in [0, 0.05) is 31.2 Å². The number of piperazine rings is 1. The van der Waals surface area contributed by atoms with E-state index >= 15 is 0 Å². The largest absolute Gasteiger partial charge is 0.452 e. The zero-order valence-electron chi connectivity index (χ0n) is 15.0. The summed E-state index contributed by atoms with van der Waals surface area (Å²) in [6.45, 7) is 0.437. The van der Waals surface area contributed by atoms with E-state index in [0.717, 1.165) is 0 Å². The Morgan fingerprint density at radius 2 is 1.64 bits per heavy atom. The minimum atomic E-state index is -3.58. The van der Waals surface area contributed by atoms with Gasteiger partial charge in [0.15, 0.2) is 6.61 Å². The third-order valence-electron chi connectivity index (χ3n) is 4.36. The average Bonchev–Trinajstić information content (AvgIpc) is 2.72. The summed E-state index contributed by atoms with van der Waals surface area (Å²) in [4.78, 5) is 26.0. The summed E-state index contributed by atoms with van der Waals surface area (Å²) in [5, 5.41) is 0.400. The second-order valence-electron chi connectivity index (χ2n) is 6.18. The molecular formula is C19H19ClN2O5S. The second-order valence-corrected chi connectivity index (χ2v) is 8.56. The molecule has 0 radical (unpaired) electrons. The van der Waals surface area contributed by atoms with Crippen LogP contribution in [0.15, 0.2) is 59.5 Å². The molecule has 0 unspecified atom stereocenters. The lowest BCUT2D eigenvalue weighted by molar-refractivity contribution is -0.135. The molecule has 148 valence electrons. The highest BCUT2D eigenvalue weighted by Crippen LogP contribution is 2.17. The van der Waals surface area contributed by atoms with Crippen molar-refractivity contribution in [3.05, 3.63) is 65.2 Å². The Balaban J connectivity index is 1.52. The first-order valence-electron chi connectivity index (χ1n) is 8.63. The van der Waals surface area contributed by atoms with Gasteiger partial charge in [0.05, 0.1) is 10.5 Å². The molecule has 0 spiro atoms. The molecule has 9 heteroatoms. The van der Waals surface area contributed by atoms with Crippen molar-refractivity contribution in [2.75, 3.05) is 32.8 Å². The van der Waals surface area contributed by atoms with Gasteiger partial charge >= 0.3 is 5.97 Å². The number of ether oxygens (including phenoxy) is 1. The maximum atomic E-state index is 12.6. The van der Waals surface area contributed by atoms with E-state index in [-0.39, 0.29) is 42.5 Å². The topological polar surface area (TPSA) is 84.0 Å². The minimum absolute atomic E-state index is 0.186. The van der Waals surface area contributed by atoms with E-state index in [0.29, 0.717) is 5.02 Å². The van der Waals surface area contributed by atoms with Crippen LogP contribution in [0.1, 0.15) is 10.4 Å². The summed E-state index contributed by atoms with van der Waals surface area (Å²) in [6, 6.07) is 14.4. The molecule has 1 fully saturated rings. The molecule has 3 rings (SSSR count). The lowest BCUT2D eigenvalue weighted by Gasteiger charge is -2.33. The highest BCUT2D eigenvalue weighted by molar-refractivity contribution is 7.89. The van der Waals surface area contributed by atoms with Crippen LogP contribution in [0.2, 0.25) is 5.02 Å². The number of benzene rings is 2. The number of sulfonamides is 1. The summed E-state index contributed by atoms with van der Waals surface area (Å²) in [7, 11) is -3.58. The molecule has 0 atom stereocenters. The Morgan fingerprint density at radius 3 is 2.29 bits per heavy atom. The van der Waals surface area contributed by atoms with Crippen LogP contribution in [0.5, 0.6) is 0 Å². The highest BCUT2D eigenvalue weighted by Gasteiger charge is 2.30. The van der Waals surface area contributed by atoms with Gasteiger partial charge in [0.2, 0.25) is 10.0 Å². The Kier molecular flexibility index (Phi) is 6.33. The van der Waals surface area contributed by atoms with Crippen LogP contribution in [0.25, 0.3) is 0 Å². The number of carbonyl (C=O) groups excluding carboxylic acids is 2. The summed E-state index contributed by atoms with van der Waals surface area (Å²) >= 11 is 5.83. The zero-order valence-corrected chi connectivity index (χ0v) is 16.5. The predicted octanol–water partition coefficient (Wildman–Crippen LogP) is 2.03. The quantitative estimate of drug-likeness (QED) is 0.688. The van der Waals surface area contributed by atoms with Gasteiger partial charge < -0.3 is 9.64 Å². The van der Waals surface area contributed by atoms with Gasteiger partial charge in [-0.2, -0.15) is 4.31 Å². The summed E-state index contributed by atoms with van der Waals surface area (Å²) in [5.74, 6) is -1.01. The second kappa shape index (κ2) is 8.72. The molecule has 28 heavy (non-hydrogen) atoms. The van der Waals surface area contributed by atoms with Gasteiger partial charge in [0.1, 0.15) is 0 Å². The fraction of sp³-hybridized carbons (Fsp3) is 0.263. The fourth-order valence-electron chi connectivity index (χ4n) is 2.84. The van der Waals surface area contributed by atoms with Crippen molar-refractivity contribution in [1.29, 1.82) is 0 Å². The van der Waals surface area contributed by atoms with Gasteiger partial charge in [-0.15, -0.1) is 0 Å². The molecule has 1 heterocycles. The molecule has 1 amide bonds. The molecule has 0 bridgehead atoms. The summed E-state index contributed by atoms with van der Waals surface area (Å²) < 4.78 is 31.6. The van der Waals surface area contributed by atoms with Crippen LogP contribution in [0, 0.1) is 0 Å². The van der Waals surface area contributed by atoms with Gasteiger partial charge in [-0.05, 0) is 30.3 Å². The molecule has 1 aliphatic rings. The van der Waals surface area contributed by atoms with Crippen molar-refractivity contribution < 1.29 is 22.7 Å². The Labute approximate surface area is 168 Å². The highest BCUT2D eigenvalue weighted by atomic mass is 35.5. The lowest BCUT2D eigenvalue weighted by atomic mass is 10.2. The normalized spacial score (nSPS) is 15.2. The number of carbonyl (C=O) groups is 2. The third kappa shape index (κ3) is 4.70. The molecule has 0 N–H and O–H groups in total. The zero-order chi connectivity index (χ0) is 20.1. The molecule has 1 aliphatic heterocycles. The number of esters is 1. The van der Waals surface area contributed by atoms with Crippen molar-refractivity contribution >= 4 is 33.5 Å². The van der Waals surface area contributed by atoms with Crippen LogP contribution in [-0.4, -0.2) is 62.3 Å². The molecular weight excluding hydrogens is 404 g/mol. The first kappa shape index (κ1) is 20.3. The first-order valence-corrected chi connectivity index (χ1v) is 10.5. The van der Waals surface area contributed by atoms with Crippen molar-refractivity contribution in [3.8, 4) is 0 Å². The Morgan fingerprint density at radius 1 is 0.964 bits per heavy atom. The van der Waals surface area contributed by atoms with Gasteiger partial charge in [-0.25, -0.2) is 13.2 Å². The smallest absolute Gasteiger partial charge is 0.338 e. The van der Waals surface area contributed by atoms with E-state index in [2.05, 4.69) is 0 Å². The van der Waals surface area contributed by atoms with Crippen molar-refractivity contribution in [1.82, 2.24) is 9.21 Å². The van der Waals surface area contributed by atoms with Crippen LogP contribution in [-0.2, 0) is 19.6 Å². The molecule has 0 aromatic heterocycles. The maximum Gasteiger partial charge on any atom is 0.338 e. The van der Waals surface area contributed by atoms with E-state index in [1.807, 2.05) is 0 Å². The number of amides is 1. The van der Waals surface area contributed by atoms with Gasteiger partial charge in [-0.1, -0.05) is 35.9 Å². The van der Waals surface area contributed by atoms with Gasteiger partial charge in [0.25, 0.3) is 5.91 Å². The van der Waals surface area contributed by atoms with Crippen molar-refractivity contribution in [2.45, 2.75) is 4.90 Å². The van der Waals surface area contributed by atoms with E-state index in [4.69, 9.17) is 16.3 Å². The first-order chi connectivity index (χ1) is 13.4. The molecule has 0 aliphatic carbocycles. The van der Waals surface area contributed by atoms with E-state index in [9.17, 15) is 18.0 Å². The number of hydrogen-bond acceptors (Lipinski definition) is 5.